The largest absolute Gasteiger partial charge is 0.322 e. The van der Waals surface area contributed by atoms with Gasteiger partial charge >= 0.3 is 6.03 Å². The van der Waals surface area contributed by atoms with E-state index in [0.29, 0.717) is 5.69 Å². The molecular weight excluding hydrogens is 182 g/mol. The van der Waals surface area contributed by atoms with Crippen LogP contribution in [0.2, 0.25) is 0 Å². The van der Waals surface area contributed by atoms with Gasteiger partial charge in [-0.3, -0.25) is 15.1 Å². The molecule has 0 radical (unpaired) electrons. The van der Waals surface area contributed by atoms with Crippen molar-refractivity contribution in [3.05, 3.63) is 29.6 Å². The van der Waals surface area contributed by atoms with E-state index in [9.17, 15) is 9.59 Å². The van der Waals surface area contributed by atoms with E-state index < -0.39 is 12.1 Å². The zero-order chi connectivity index (χ0) is 10.1. The molecule has 1 fully saturated rings. The average Bonchev–Trinajstić information content (AvgIpc) is 2.47. The van der Waals surface area contributed by atoms with E-state index in [2.05, 4.69) is 15.6 Å². The normalized spacial score (nSPS) is 20.5. The number of nitrogens with zero attached hydrogens (tertiary/aromatic N) is 1. The Morgan fingerprint density at radius 2 is 2.14 bits per heavy atom. The molecule has 5 heteroatoms. The fourth-order valence-electron chi connectivity index (χ4n) is 1.28. The zero-order valence-corrected chi connectivity index (χ0v) is 7.57. The average molecular weight is 191 g/mol. The van der Waals surface area contributed by atoms with Crippen molar-refractivity contribution in [1.82, 2.24) is 15.6 Å². The summed E-state index contributed by atoms with van der Waals surface area (Å²) in [6.07, 6.45) is 1.66. The van der Waals surface area contributed by atoms with Gasteiger partial charge in [0.05, 0.1) is 5.69 Å². The molecule has 1 aliphatic heterocycles. The molecule has 1 aromatic rings. The van der Waals surface area contributed by atoms with Gasteiger partial charge in [0, 0.05) is 6.20 Å². The Labute approximate surface area is 80.5 Å². The molecule has 0 spiro atoms. The van der Waals surface area contributed by atoms with Crippen molar-refractivity contribution in [2.75, 3.05) is 0 Å². The third-order valence-corrected chi connectivity index (χ3v) is 2.00. The zero-order valence-electron chi connectivity index (χ0n) is 7.57. The Bertz CT molecular complexity index is 386. The lowest BCUT2D eigenvalue weighted by atomic mass is 10.2. The topological polar surface area (TPSA) is 71.1 Å². The number of hydrogen-bond acceptors (Lipinski definition) is 3. The van der Waals surface area contributed by atoms with E-state index in [1.54, 1.807) is 12.3 Å². The molecule has 1 saturated heterocycles. The second kappa shape index (κ2) is 3.10. The predicted molar refractivity (Wildman–Crippen MR) is 48.4 cm³/mol. The molecule has 5 nitrogen and oxygen atoms in total. The van der Waals surface area contributed by atoms with Crippen LogP contribution >= 0.6 is 0 Å². The van der Waals surface area contributed by atoms with Crippen LogP contribution < -0.4 is 10.6 Å². The van der Waals surface area contributed by atoms with Gasteiger partial charge in [-0.2, -0.15) is 0 Å². The molecule has 3 amide bonds. The quantitative estimate of drug-likeness (QED) is 0.626. The number of urea groups is 1. The SMILES string of the molecule is Cc1ccc(C2NC(=O)NC2=O)nc1. The first kappa shape index (κ1) is 8.68. The van der Waals surface area contributed by atoms with E-state index in [1.807, 2.05) is 13.0 Å². The highest BCUT2D eigenvalue weighted by Gasteiger charge is 2.31. The van der Waals surface area contributed by atoms with Crippen molar-refractivity contribution in [2.45, 2.75) is 13.0 Å². The summed E-state index contributed by atoms with van der Waals surface area (Å²) in [5.41, 5.74) is 1.57. The van der Waals surface area contributed by atoms with Crippen LogP contribution in [0.25, 0.3) is 0 Å². The van der Waals surface area contributed by atoms with Gasteiger partial charge in [-0.15, -0.1) is 0 Å². The Kier molecular flexibility index (Phi) is 1.92. The summed E-state index contributed by atoms with van der Waals surface area (Å²) in [6, 6.07) is 2.45. The lowest BCUT2D eigenvalue weighted by Gasteiger charge is -2.05. The lowest BCUT2D eigenvalue weighted by Crippen LogP contribution is -2.22. The van der Waals surface area contributed by atoms with Gasteiger partial charge in [0.1, 0.15) is 0 Å². The summed E-state index contributed by atoms with van der Waals surface area (Å²) in [5, 5.41) is 4.63. The van der Waals surface area contributed by atoms with Crippen LogP contribution in [0.4, 0.5) is 4.79 Å². The van der Waals surface area contributed by atoms with Crippen LogP contribution in [-0.2, 0) is 4.79 Å². The van der Waals surface area contributed by atoms with Crippen molar-refractivity contribution >= 4 is 11.9 Å². The second-order valence-electron chi connectivity index (χ2n) is 3.16. The molecule has 72 valence electrons. The number of aryl methyl sites for hydroxylation is 1. The summed E-state index contributed by atoms with van der Waals surface area (Å²) in [7, 11) is 0. The van der Waals surface area contributed by atoms with Crippen molar-refractivity contribution in [3.8, 4) is 0 Å². The second-order valence-corrected chi connectivity index (χ2v) is 3.16. The summed E-state index contributed by atoms with van der Waals surface area (Å²) in [4.78, 5) is 26.1. The molecule has 1 unspecified atom stereocenters. The number of amides is 3. The number of pyridine rings is 1. The first-order valence-electron chi connectivity index (χ1n) is 4.21. The Morgan fingerprint density at radius 3 is 2.64 bits per heavy atom. The number of nitrogens with one attached hydrogen (secondary N) is 2. The molecule has 2 N–H and O–H groups in total. The Balaban J connectivity index is 2.27. The van der Waals surface area contributed by atoms with Crippen LogP contribution in [0.1, 0.15) is 17.3 Å². The maximum Gasteiger partial charge on any atom is 0.322 e. The Hall–Kier alpha value is -1.91. The maximum absolute atomic E-state index is 11.2. The molecule has 0 bridgehead atoms. The number of rotatable bonds is 1. The van der Waals surface area contributed by atoms with Crippen molar-refractivity contribution in [3.63, 3.8) is 0 Å². The van der Waals surface area contributed by atoms with E-state index in [4.69, 9.17) is 0 Å². The van der Waals surface area contributed by atoms with Gasteiger partial charge < -0.3 is 5.32 Å². The van der Waals surface area contributed by atoms with Crippen LogP contribution in [0.5, 0.6) is 0 Å². The van der Waals surface area contributed by atoms with Crippen LogP contribution in [0.3, 0.4) is 0 Å². The fourth-order valence-corrected chi connectivity index (χ4v) is 1.28. The third-order valence-electron chi connectivity index (χ3n) is 2.00. The highest BCUT2D eigenvalue weighted by atomic mass is 16.2. The molecule has 2 heterocycles. The molecule has 14 heavy (non-hydrogen) atoms. The summed E-state index contributed by atoms with van der Waals surface area (Å²) in [6.45, 7) is 1.91. The smallest absolute Gasteiger partial charge is 0.321 e. The molecule has 0 saturated carbocycles. The summed E-state index contributed by atoms with van der Waals surface area (Å²) < 4.78 is 0. The minimum absolute atomic E-state index is 0.355. The number of imide groups is 1. The van der Waals surface area contributed by atoms with E-state index >= 15 is 0 Å². The number of aromatic nitrogens is 1. The van der Waals surface area contributed by atoms with Gasteiger partial charge in [0.25, 0.3) is 5.91 Å². The maximum atomic E-state index is 11.2. The van der Waals surface area contributed by atoms with Crippen molar-refractivity contribution < 1.29 is 9.59 Å². The number of hydrogen-bond donors (Lipinski definition) is 2. The predicted octanol–water partition coefficient (Wildman–Crippen LogP) is 0.271. The van der Waals surface area contributed by atoms with Crippen LogP contribution in [0.15, 0.2) is 18.3 Å². The highest BCUT2D eigenvalue weighted by Crippen LogP contribution is 2.13. The van der Waals surface area contributed by atoms with Gasteiger partial charge in [-0.25, -0.2) is 4.79 Å². The molecule has 0 aromatic carbocycles. The first-order valence-corrected chi connectivity index (χ1v) is 4.21. The summed E-state index contributed by atoms with van der Waals surface area (Å²) >= 11 is 0. The minimum Gasteiger partial charge on any atom is -0.321 e. The van der Waals surface area contributed by atoms with Gasteiger partial charge in [-0.1, -0.05) is 6.07 Å². The fraction of sp³-hybridized carbons (Fsp3) is 0.222. The lowest BCUT2D eigenvalue weighted by molar-refractivity contribution is -0.120. The monoisotopic (exact) mass is 191 g/mol. The molecular formula is C9H9N3O2. The third kappa shape index (κ3) is 1.44. The highest BCUT2D eigenvalue weighted by molar-refractivity contribution is 6.04. The van der Waals surface area contributed by atoms with Crippen molar-refractivity contribution in [2.24, 2.45) is 0 Å². The van der Waals surface area contributed by atoms with E-state index in [0.717, 1.165) is 5.56 Å². The first-order chi connectivity index (χ1) is 6.66. The van der Waals surface area contributed by atoms with Crippen molar-refractivity contribution in [1.29, 1.82) is 0 Å². The van der Waals surface area contributed by atoms with E-state index in [-0.39, 0.29) is 5.91 Å². The van der Waals surface area contributed by atoms with Gasteiger partial charge in [0.2, 0.25) is 0 Å². The molecule has 1 atom stereocenters. The molecule has 1 aromatic heterocycles. The van der Waals surface area contributed by atoms with E-state index in [1.165, 1.54) is 0 Å². The molecule has 2 rings (SSSR count). The molecule has 0 aliphatic carbocycles. The van der Waals surface area contributed by atoms with Gasteiger partial charge in [0.15, 0.2) is 6.04 Å². The van der Waals surface area contributed by atoms with Crippen LogP contribution in [-0.4, -0.2) is 16.9 Å². The Morgan fingerprint density at radius 1 is 1.36 bits per heavy atom. The van der Waals surface area contributed by atoms with Crippen LogP contribution in [0, 0.1) is 6.92 Å². The van der Waals surface area contributed by atoms with Gasteiger partial charge in [-0.05, 0) is 18.6 Å². The summed E-state index contributed by atoms with van der Waals surface area (Å²) in [5.74, 6) is -0.355. The standard InChI is InChI=1S/C9H9N3O2/c1-5-2-3-6(10-4-5)7-8(13)12-9(14)11-7/h2-4,7H,1H3,(H2,11,12,13,14). The molecule has 1 aliphatic rings. The number of carbonyl (C=O) groups is 2. The minimum atomic E-state index is -0.650. The number of carbonyl (C=O) groups excluding carboxylic acids is 2.